The summed E-state index contributed by atoms with van der Waals surface area (Å²) in [5.74, 6) is -1.09. The van der Waals surface area contributed by atoms with Gasteiger partial charge in [0.25, 0.3) is 0 Å². The number of amides is 2. The quantitative estimate of drug-likeness (QED) is 0.669. The highest BCUT2D eigenvalue weighted by Crippen LogP contribution is 2.18. The van der Waals surface area contributed by atoms with Gasteiger partial charge in [0.05, 0.1) is 5.69 Å². The first-order chi connectivity index (χ1) is 9.49. The average molecular weight is 280 g/mol. The van der Waals surface area contributed by atoms with Crippen LogP contribution in [-0.4, -0.2) is 53.2 Å². The smallest absolute Gasteiger partial charge is 0.354 e. The number of carbonyl (C=O) groups excluding carboxylic acids is 1. The molecule has 0 unspecified atom stereocenters. The van der Waals surface area contributed by atoms with Crippen LogP contribution in [0, 0.1) is 6.92 Å². The number of aromatic amines is 1. The van der Waals surface area contributed by atoms with Crippen molar-refractivity contribution in [1.29, 1.82) is 0 Å². The van der Waals surface area contributed by atoms with E-state index in [1.807, 2.05) is 0 Å². The molecule has 0 atom stereocenters. The third kappa shape index (κ3) is 3.11. The number of carbonyl (C=O) groups is 2. The number of rotatable bonds is 3. The summed E-state index contributed by atoms with van der Waals surface area (Å²) in [6.45, 7) is 3.54. The van der Waals surface area contributed by atoms with E-state index in [0.717, 1.165) is 25.9 Å². The molecule has 1 aromatic heterocycles. The second kappa shape index (κ2) is 5.96. The molecule has 2 heterocycles. The zero-order chi connectivity index (χ0) is 14.7. The van der Waals surface area contributed by atoms with Crippen LogP contribution < -0.4 is 10.6 Å². The Labute approximate surface area is 117 Å². The fourth-order valence-corrected chi connectivity index (χ4v) is 2.42. The van der Waals surface area contributed by atoms with E-state index in [1.165, 1.54) is 0 Å². The second-order valence-corrected chi connectivity index (χ2v) is 5.07. The summed E-state index contributed by atoms with van der Waals surface area (Å²) in [6.07, 6.45) is 1.81. The van der Waals surface area contributed by atoms with Crippen LogP contribution in [0.2, 0.25) is 0 Å². The van der Waals surface area contributed by atoms with Gasteiger partial charge in [-0.25, -0.2) is 9.59 Å². The van der Waals surface area contributed by atoms with Gasteiger partial charge in [0.2, 0.25) is 0 Å². The molecule has 7 heteroatoms. The van der Waals surface area contributed by atoms with E-state index in [2.05, 4.69) is 15.6 Å². The van der Waals surface area contributed by atoms with Crippen LogP contribution in [0.5, 0.6) is 0 Å². The number of carboxylic acid groups (broad SMARTS) is 1. The van der Waals surface area contributed by atoms with Crippen molar-refractivity contribution in [2.75, 3.05) is 25.5 Å². The number of aromatic nitrogens is 1. The summed E-state index contributed by atoms with van der Waals surface area (Å²) < 4.78 is 0. The van der Waals surface area contributed by atoms with Crippen molar-refractivity contribution in [1.82, 2.24) is 15.2 Å². The van der Waals surface area contributed by atoms with Gasteiger partial charge in [-0.15, -0.1) is 0 Å². The summed E-state index contributed by atoms with van der Waals surface area (Å²) in [7, 11) is 1.74. The Hall–Kier alpha value is -2.02. The lowest BCUT2D eigenvalue weighted by molar-refractivity contribution is 0.0692. The number of nitrogens with one attached hydrogen (secondary N) is 3. The number of aryl methyl sites for hydroxylation is 1. The predicted octanol–water partition coefficient (Wildman–Crippen LogP) is 1.24. The lowest BCUT2D eigenvalue weighted by atomic mass is 10.1. The summed E-state index contributed by atoms with van der Waals surface area (Å²) >= 11 is 0. The molecule has 110 valence electrons. The molecule has 0 aliphatic carbocycles. The molecule has 20 heavy (non-hydrogen) atoms. The predicted molar refractivity (Wildman–Crippen MR) is 75.2 cm³/mol. The van der Waals surface area contributed by atoms with Gasteiger partial charge in [-0.1, -0.05) is 0 Å². The van der Waals surface area contributed by atoms with E-state index < -0.39 is 5.97 Å². The number of hydrogen-bond donors (Lipinski definition) is 4. The van der Waals surface area contributed by atoms with Gasteiger partial charge >= 0.3 is 12.0 Å². The van der Waals surface area contributed by atoms with Gasteiger partial charge in [0, 0.05) is 18.8 Å². The van der Waals surface area contributed by atoms with Crippen molar-refractivity contribution >= 4 is 17.7 Å². The molecule has 7 nitrogen and oxygen atoms in total. The molecule has 2 amide bonds. The Balaban J connectivity index is 2.05. The second-order valence-electron chi connectivity index (χ2n) is 5.07. The van der Waals surface area contributed by atoms with Crippen LogP contribution in [0.4, 0.5) is 10.5 Å². The maximum absolute atomic E-state index is 12.2. The van der Waals surface area contributed by atoms with Crippen molar-refractivity contribution in [2.45, 2.75) is 25.8 Å². The van der Waals surface area contributed by atoms with E-state index in [4.69, 9.17) is 5.11 Å². The van der Waals surface area contributed by atoms with Crippen LogP contribution in [0.15, 0.2) is 6.07 Å². The van der Waals surface area contributed by atoms with Crippen LogP contribution in [0.1, 0.15) is 29.0 Å². The number of carboxylic acids is 1. The maximum atomic E-state index is 12.2. The van der Waals surface area contributed by atoms with Gasteiger partial charge in [0.15, 0.2) is 0 Å². The molecule has 0 bridgehead atoms. The fourth-order valence-electron chi connectivity index (χ4n) is 2.42. The zero-order valence-electron chi connectivity index (χ0n) is 11.7. The number of anilines is 1. The summed E-state index contributed by atoms with van der Waals surface area (Å²) in [5.41, 5.74) is 1.01. The van der Waals surface area contributed by atoms with Crippen molar-refractivity contribution in [3.63, 3.8) is 0 Å². The molecule has 4 N–H and O–H groups in total. The molecule has 0 radical (unpaired) electrons. The molecule has 1 saturated heterocycles. The van der Waals surface area contributed by atoms with Crippen LogP contribution >= 0.6 is 0 Å². The summed E-state index contributed by atoms with van der Waals surface area (Å²) in [4.78, 5) is 27.6. The first-order valence-electron chi connectivity index (χ1n) is 6.66. The normalized spacial score (nSPS) is 15.9. The molecule has 0 saturated carbocycles. The number of hydrogen-bond acceptors (Lipinski definition) is 3. The molecule has 0 aromatic carbocycles. The van der Waals surface area contributed by atoms with Gasteiger partial charge in [-0.3, -0.25) is 0 Å². The number of urea groups is 1. The average Bonchev–Trinajstić information content (AvgIpc) is 2.80. The van der Waals surface area contributed by atoms with E-state index in [1.54, 1.807) is 24.9 Å². The molecular weight excluding hydrogens is 260 g/mol. The minimum absolute atomic E-state index is 0.00885. The molecule has 1 aromatic rings. The number of aromatic carboxylic acids is 1. The Morgan fingerprint density at radius 3 is 2.65 bits per heavy atom. The Morgan fingerprint density at radius 2 is 2.05 bits per heavy atom. The lowest BCUT2D eigenvalue weighted by Gasteiger charge is -2.31. The Kier molecular flexibility index (Phi) is 4.29. The van der Waals surface area contributed by atoms with E-state index in [9.17, 15) is 9.59 Å². The third-order valence-electron chi connectivity index (χ3n) is 3.58. The summed E-state index contributed by atoms with van der Waals surface area (Å²) in [5, 5.41) is 15.0. The molecule has 1 aliphatic rings. The fraction of sp³-hybridized carbons (Fsp3) is 0.538. The number of nitrogens with zero attached hydrogens (tertiary/aromatic N) is 1. The molecule has 1 fully saturated rings. The van der Waals surface area contributed by atoms with Crippen LogP contribution in [0.25, 0.3) is 0 Å². The van der Waals surface area contributed by atoms with Crippen molar-refractivity contribution < 1.29 is 14.7 Å². The molecule has 0 spiro atoms. The zero-order valence-corrected chi connectivity index (χ0v) is 11.7. The van der Waals surface area contributed by atoms with Gasteiger partial charge in [0.1, 0.15) is 5.69 Å². The molecular formula is C13H20N4O3. The van der Waals surface area contributed by atoms with E-state index in [0.29, 0.717) is 11.4 Å². The van der Waals surface area contributed by atoms with Crippen LogP contribution in [-0.2, 0) is 0 Å². The Morgan fingerprint density at radius 1 is 1.40 bits per heavy atom. The molecule has 2 rings (SSSR count). The van der Waals surface area contributed by atoms with Crippen molar-refractivity contribution in [3.05, 3.63) is 17.5 Å². The first kappa shape index (κ1) is 14.4. The monoisotopic (exact) mass is 280 g/mol. The van der Waals surface area contributed by atoms with Gasteiger partial charge < -0.3 is 25.6 Å². The minimum atomic E-state index is -1.09. The van der Waals surface area contributed by atoms with Crippen LogP contribution in [0.3, 0.4) is 0 Å². The Bertz CT molecular complexity index is 506. The summed E-state index contributed by atoms with van der Waals surface area (Å²) in [6, 6.07) is 1.53. The standard InChI is InChI=1S/C13H20N4O3/c1-8-7-10(11(15-8)12(18)19)16-13(20)17(2)9-3-5-14-6-4-9/h7,9,14-15H,3-6H2,1-2H3,(H,16,20)(H,18,19). The minimum Gasteiger partial charge on any atom is -0.477 e. The largest absolute Gasteiger partial charge is 0.477 e. The number of H-pyrrole nitrogens is 1. The highest BCUT2D eigenvalue weighted by molar-refractivity contribution is 5.99. The topological polar surface area (TPSA) is 97.5 Å². The molecule has 1 aliphatic heterocycles. The maximum Gasteiger partial charge on any atom is 0.354 e. The van der Waals surface area contributed by atoms with Gasteiger partial charge in [-0.2, -0.15) is 0 Å². The SMILES string of the molecule is Cc1cc(NC(=O)N(C)C2CCNCC2)c(C(=O)O)[nH]1. The van der Waals surface area contributed by atoms with Crippen molar-refractivity contribution in [3.8, 4) is 0 Å². The highest BCUT2D eigenvalue weighted by Gasteiger charge is 2.23. The third-order valence-corrected chi connectivity index (χ3v) is 3.58. The number of piperidine rings is 1. The van der Waals surface area contributed by atoms with Gasteiger partial charge in [-0.05, 0) is 38.9 Å². The van der Waals surface area contributed by atoms with E-state index >= 15 is 0 Å². The highest BCUT2D eigenvalue weighted by atomic mass is 16.4. The van der Waals surface area contributed by atoms with E-state index in [-0.39, 0.29) is 17.8 Å². The lowest BCUT2D eigenvalue weighted by Crippen LogP contribution is -2.45. The van der Waals surface area contributed by atoms with Crippen molar-refractivity contribution in [2.24, 2.45) is 0 Å². The first-order valence-corrected chi connectivity index (χ1v) is 6.66.